The van der Waals surface area contributed by atoms with Crippen LogP contribution in [0.3, 0.4) is 0 Å². The minimum absolute atomic E-state index is 0.121. The summed E-state index contributed by atoms with van der Waals surface area (Å²) in [4.78, 5) is 26.4. The number of alkyl halides is 1. The first-order chi connectivity index (χ1) is 13.0. The first-order valence-electron chi connectivity index (χ1n) is 8.65. The molecule has 0 spiro atoms. The van der Waals surface area contributed by atoms with Crippen molar-refractivity contribution in [3.8, 4) is 16.5 Å². The lowest BCUT2D eigenvalue weighted by molar-refractivity contribution is -0.132. The molecule has 27 heavy (non-hydrogen) atoms. The van der Waals surface area contributed by atoms with Crippen LogP contribution in [0.25, 0.3) is 10.4 Å². The van der Waals surface area contributed by atoms with Gasteiger partial charge in [0.1, 0.15) is 17.8 Å². The van der Waals surface area contributed by atoms with Crippen molar-refractivity contribution in [2.75, 3.05) is 19.6 Å². The van der Waals surface area contributed by atoms with E-state index in [2.05, 4.69) is 9.69 Å². The van der Waals surface area contributed by atoms with Gasteiger partial charge in [-0.2, -0.15) is 9.64 Å². The zero-order valence-electron chi connectivity index (χ0n) is 14.7. The van der Waals surface area contributed by atoms with E-state index in [9.17, 15) is 14.0 Å². The molecule has 1 fully saturated rings. The molecule has 2 heterocycles. The lowest BCUT2D eigenvalue weighted by Gasteiger charge is -2.36. The predicted octanol–water partition coefficient (Wildman–Crippen LogP) is 2.78. The topological polar surface area (TPSA) is 86.1 Å². The number of likely N-dealkylation sites (tertiary alicyclic amines) is 1. The maximum Gasteiger partial charge on any atom is 0.271 e. The summed E-state index contributed by atoms with van der Waals surface area (Å²) in [7, 11) is 0. The van der Waals surface area contributed by atoms with Crippen LogP contribution in [-0.4, -0.2) is 46.4 Å². The fourth-order valence-electron chi connectivity index (χ4n) is 2.96. The van der Waals surface area contributed by atoms with Gasteiger partial charge in [-0.25, -0.2) is 4.39 Å². The quantitative estimate of drug-likeness (QED) is 0.856. The number of carbonyl (C=O) groups is 2. The Morgan fingerprint density at radius 3 is 2.67 bits per heavy atom. The van der Waals surface area contributed by atoms with Crippen molar-refractivity contribution in [3.63, 3.8) is 0 Å². The summed E-state index contributed by atoms with van der Waals surface area (Å²) in [6, 6.07) is 13.1. The van der Waals surface area contributed by atoms with Gasteiger partial charge in [0.2, 0.25) is 5.91 Å². The molecule has 1 aliphatic heterocycles. The Morgan fingerprint density at radius 2 is 2.00 bits per heavy atom. The minimum atomic E-state index is -1.56. The minimum Gasteiger partial charge on any atom is -0.347 e. The van der Waals surface area contributed by atoms with Crippen LogP contribution in [-0.2, 0) is 4.79 Å². The molecule has 0 atom stereocenters. The molecule has 0 aliphatic carbocycles. The number of amides is 2. The van der Waals surface area contributed by atoms with Gasteiger partial charge in [-0.3, -0.25) is 9.59 Å². The third kappa shape index (κ3) is 4.68. The van der Waals surface area contributed by atoms with E-state index >= 15 is 0 Å². The molecule has 0 saturated carbocycles. The number of aromatic nitrogens is 1. The fraction of sp³-hybridized carbons (Fsp3) is 0.368. The van der Waals surface area contributed by atoms with Gasteiger partial charge in [0.15, 0.2) is 0 Å². The van der Waals surface area contributed by atoms with Gasteiger partial charge < -0.3 is 10.2 Å². The molecule has 0 unspecified atom stereocenters. The fourth-order valence-corrected chi connectivity index (χ4v) is 3.70. The molecule has 1 saturated heterocycles. The summed E-state index contributed by atoms with van der Waals surface area (Å²) < 4.78 is 19.1. The standard InChI is InChI=1S/C19H19FN4O2S/c20-19(7-10-24(11-8-19)17(25)6-9-21)13-22-18(26)15-12-16(27-23-15)14-4-2-1-3-5-14/h1-5,12H,6-8,10-11,13H2,(H,22,26). The number of hydrogen-bond donors (Lipinski definition) is 1. The molecule has 2 aromatic rings. The highest BCUT2D eigenvalue weighted by Gasteiger charge is 2.36. The van der Waals surface area contributed by atoms with Gasteiger partial charge in [0.05, 0.1) is 17.5 Å². The van der Waals surface area contributed by atoms with Crippen LogP contribution in [0.5, 0.6) is 0 Å². The second kappa shape index (κ2) is 8.27. The monoisotopic (exact) mass is 386 g/mol. The number of rotatable bonds is 5. The Morgan fingerprint density at radius 1 is 1.30 bits per heavy atom. The Labute approximate surface area is 160 Å². The van der Waals surface area contributed by atoms with E-state index in [1.54, 1.807) is 6.07 Å². The van der Waals surface area contributed by atoms with Crippen LogP contribution >= 0.6 is 11.5 Å². The highest BCUT2D eigenvalue weighted by molar-refractivity contribution is 7.09. The zero-order valence-corrected chi connectivity index (χ0v) is 15.5. The van der Waals surface area contributed by atoms with Crippen molar-refractivity contribution < 1.29 is 14.0 Å². The average molecular weight is 386 g/mol. The normalized spacial score (nSPS) is 15.8. The molecule has 6 nitrogen and oxygen atoms in total. The van der Waals surface area contributed by atoms with E-state index in [-0.39, 0.29) is 50.5 Å². The van der Waals surface area contributed by atoms with Crippen molar-refractivity contribution >= 4 is 23.3 Å². The number of benzene rings is 1. The van der Waals surface area contributed by atoms with Crippen molar-refractivity contribution in [1.82, 2.24) is 14.6 Å². The number of piperidine rings is 1. The van der Waals surface area contributed by atoms with Crippen molar-refractivity contribution in [2.45, 2.75) is 24.9 Å². The number of carbonyl (C=O) groups excluding carboxylic acids is 2. The highest BCUT2D eigenvalue weighted by atomic mass is 32.1. The predicted molar refractivity (Wildman–Crippen MR) is 99.8 cm³/mol. The summed E-state index contributed by atoms with van der Waals surface area (Å²) >= 11 is 1.22. The molecule has 1 aliphatic rings. The number of nitrogens with zero attached hydrogens (tertiary/aromatic N) is 3. The molecular weight excluding hydrogens is 367 g/mol. The number of hydrogen-bond acceptors (Lipinski definition) is 5. The van der Waals surface area contributed by atoms with Crippen molar-refractivity contribution in [2.24, 2.45) is 0 Å². The number of nitriles is 1. The van der Waals surface area contributed by atoms with Crippen LogP contribution in [0.4, 0.5) is 4.39 Å². The Balaban J connectivity index is 1.53. The Bertz CT molecular complexity index is 854. The van der Waals surface area contributed by atoms with Gasteiger partial charge in [-0.1, -0.05) is 30.3 Å². The molecule has 1 N–H and O–H groups in total. The Kier molecular flexibility index (Phi) is 5.81. The van der Waals surface area contributed by atoms with Crippen LogP contribution in [0.15, 0.2) is 36.4 Å². The van der Waals surface area contributed by atoms with Gasteiger partial charge in [0.25, 0.3) is 5.91 Å². The molecule has 1 aromatic carbocycles. The zero-order chi connectivity index (χ0) is 19.3. The molecule has 0 radical (unpaired) electrons. The van der Waals surface area contributed by atoms with E-state index in [0.29, 0.717) is 0 Å². The summed E-state index contributed by atoms with van der Waals surface area (Å²) in [6.07, 6.45) is 0.0805. The third-order valence-corrected chi connectivity index (χ3v) is 5.45. The lowest BCUT2D eigenvalue weighted by atomic mass is 9.93. The van der Waals surface area contributed by atoms with Crippen LogP contribution in [0.1, 0.15) is 29.8 Å². The smallest absolute Gasteiger partial charge is 0.271 e. The SMILES string of the molecule is N#CCC(=O)N1CCC(F)(CNC(=O)c2cc(-c3ccccc3)sn2)CC1. The van der Waals surface area contributed by atoms with Crippen LogP contribution in [0, 0.1) is 11.3 Å². The summed E-state index contributed by atoms with van der Waals surface area (Å²) in [5, 5.41) is 11.2. The highest BCUT2D eigenvalue weighted by Crippen LogP contribution is 2.27. The van der Waals surface area contributed by atoms with Gasteiger partial charge in [-0.15, -0.1) is 0 Å². The summed E-state index contributed by atoms with van der Waals surface area (Å²) in [5.74, 6) is -0.687. The second-order valence-electron chi connectivity index (χ2n) is 6.49. The molecule has 2 amide bonds. The van der Waals surface area contributed by atoms with Crippen molar-refractivity contribution in [1.29, 1.82) is 5.26 Å². The van der Waals surface area contributed by atoms with Gasteiger partial charge in [0, 0.05) is 25.9 Å². The van der Waals surface area contributed by atoms with Gasteiger partial charge in [-0.05, 0) is 23.2 Å². The van der Waals surface area contributed by atoms with Crippen LogP contribution in [0.2, 0.25) is 0 Å². The first kappa shape index (κ1) is 19.0. The van der Waals surface area contributed by atoms with Gasteiger partial charge >= 0.3 is 0 Å². The largest absolute Gasteiger partial charge is 0.347 e. The lowest BCUT2D eigenvalue weighted by Crippen LogP contribution is -2.49. The van der Waals surface area contributed by atoms with E-state index in [4.69, 9.17) is 5.26 Å². The van der Waals surface area contributed by atoms with E-state index in [1.807, 2.05) is 36.4 Å². The number of halogens is 1. The molecule has 3 rings (SSSR count). The number of nitrogens with one attached hydrogen (secondary N) is 1. The molecule has 1 aromatic heterocycles. The third-order valence-electron chi connectivity index (χ3n) is 4.61. The Hall–Kier alpha value is -2.79. The van der Waals surface area contributed by atoms with E-state index in [1.165, 1.54) is 16.4 Å². The average Bonchev–Trinajstić information content (AvgIpc) is 3.18. The van der Waals surface area contributed by atoms with E-state index < -0.39 is 11.6 Å². The molecular formula is C19H19FN4O2S. The summed E-state index contributed by atoms with van der Waals surface area (Å²) in [6.45, 7) is 0.383. The maximum atomic E-state index is 14.9. The molecule has 140 valence electrons. The summed E-state index contributed by atoms with van der Waals surface area (Å²) in [5.41, 5.74) is -0.313. The maximum absolute atomic E-state index is 14.9. The molecule has 8 heteroatoms. The van der Waals surface area contributed by atoms with E-state index in [0.717, 1.165) is 10.4 Å². The van der Waals surface area contributed by atoms with Crippen molar-refractivity contribution in [3.05, 3.63) is 42.1 Å². The molecule has 0 bridgehead atoms. The van der Waals surface area contributed by atoms with Crippen LogP contribution < -0.4 is 5.32 Å². The first-order valence-corrected chi connectivity index (χ1v) is 9.42. The second-order valence-corrected chi connectivity index (χ2v) is 7.30.